The Bertz CT molecular complexity index is 943. The Morgan fingerprint density at radius 1 is 1.14 bits per heavy atom. The second-order valence-electron chi connectivity index (χ2n) is 6.83. The molecule has 0 bridgehead atoms. The monoisotopic (exact) mass is 425 g/mol. The summed E-state index contributed by atoms with van der Waals surface area (Å²) in [7, 11) is -2.29. The van der Waals surface area contributed by atoms with Gasteiger partial charge in [0.05, 0.1) is 24.0 Å². The van der Waals surface area contributed by atoms with Crippen LogP contribution < -0.4 is 8.92 Å². The molecular weight excluding hydrogens is 402 g/mol. The number of halogens is 1. The van der Waals surface area contributed by atoms with Gasteiger partial charge in [-0.15, -0.1) is 0 Å². The summed E-state index contributed by atoms with van der Waals surface area (Å²) in [5.74, 6) is 0.413. The van der Waals surface area contributed by atoms with E-state index in [1.54, 1.807) is 47.4 Å². The number of amides is 1. The molecule has 0 aliphatic carbocycles. The van der Waals surface area contributed by atoms with Crippen LogP contribution in [-0.4, -0.2) is 39.1 Å². The van der Waals surface area contributed by atoms with Crippen molar-refractivity contribution in [1.29, 1.82) is 0 Å². The SMILES string of the molecule is COc1ccc(CN(CC(C)C)C(=O)c2ccccc2Cl)cc1OS(C)(=O)=O. The highest BCUT2D eigenvalue weighted by atomic mass is 35.5. The first-order valence-electron chi connectivity index (χ1n) is 8.71. The molecule has 0 N–H and O–H groups in total. The molecule has 1 amide bonds. The smallest absolute Gasteiger partial charge is 0.306 e. The van der Waals surface area contributed by atoms with Gasteiger partial charge in [0, 0.05) is 13.1 Å². The molecule has 0 saturated heterocycles. The van der Waals surface area contributed by atoms with E-state index in [1.807, 2.05) is 13.8 Å². The number of benzene rings is 2. The lowest BCUT2D eigenvalue weighted by molar-refractivity contribution is 0.0722. The van der Waals surface area contributed by atoms with Crippen LogP contribution in [0.4, 0.5) is 0 Å². The lowest BCUT2D eigenvalue weighted by atomic mass is 10.1. The number of hydrogen-bond acceptors (Lipinski definition) is 5. The number of carbonyl (C=O) groups excluding carboxylic acids is 1. The van der Waals surface area contributed by atoms with Gasteiger partial charge in [-0.2, -0.15) is 8.42 Å². The molecule has 0 aromatic heterocycles. The molecule has 0 aliphatic rings. The van der Waals surface area contributed by atoms with Crippen LogP contribution in [0.3, 0.4) is 0 Å². The van der Waals surface area contributed by atoms with Crippen LogP contribution in [-0.2, 0) is 16.7 Å². The van der Waals surface area contributed by atoms with Crippen LogP contribution >= 0.6 is 11.6 Å². The summed E-state index contributed by atoms with van der Waals surface area (Å²) in [5.41, 5.74) is 1.13. The Labute approximate surface area is 171 Å². The quantitative estimate of drug-likeness (QED) is 0.598. The Kier molecular flexibility index (Phi) is 7.32. The number of methoxy groups -OCH3 is 1. The molecule has 0 radical (unpaired) electrons. The lowest BCUT2D eigenvalue weighted by Crippen LogP contribution is -2.34. The summed E-state index contributed by atoms with van der Waals surface area (Å²) in [4.78, 5) is 14.7. The first-order chi connectivity index (χ1) is 13.1. The van der Waals surface area contributed by atoms with Crippen LogP contribution in [0.1, 0.15) is 29.8 Å². The van der Waals surface area contributed by atoms with Crippen molar-refractivity contribution in [3.8, 4) is 11.5 Å². The maximum Gasteiger partial charge on any atom is 0.306 e. The van der Waals surface area contributed by atoms with Crippen molar-refractivity contribution in [2.75, 3.05) is 19.9 Å². The minimum atomic E-state index is -3.72. The molecule has 8 heteroatoms. The fourth-order valence-corrected chi connectivity index (χ4v) is 3.41. The molecule has 2 rings (SSSR count). The normalized spacial score (nSPS) is 11.4. The fraction of sp³-hybridized carbons (Fsp3) is 0.350. The molecular formula is C20H24ClNO5S. The number of rotatable bonds is 8. The van der Waals surface area contributed by atoms with Crippen LogP contribution in [0, 0.1) is 5.92 Å². The van der Waals surface area contributed by atoms with Crippen molar-refractivity contribution in [2.24, 2.45) is 5.92 Å². The zero-order valence-electron chi connectivity index (χ0n) is 16.3. The maximum absolute atomic E-state index is 13.0. The Hall–Kier alpha value is -2.25. The third kappa shape index (κ3) is 6.14. The maximum atomic E-state index is 13.0. The van der Waals surface area contributed by atoms with Crippen molar-refractivity contribution in [3.63, 3.8) is 0 Å². The second-order valence-corrected chi connectivity index (χ2v) is 8.81. The summed E-state index contributed by atoms with van der Waals surface area (Å²) < 4.78 is 33.2. The van der Waals surface area contributed by atoms with E-state index < -0.39 is 10.1 Å². The Balaban J connectivity index is 2.35. The van der Waals surface area contributed by atoms with Crippen LogP contribution in [0.2, 0.25) is 5.02 Å². The molecule has 0 atom stereocenters. The predicted octanol–water partition coefficient (Wildman–Crippen LogP) is 3.99. The van der Waals surface area contributed by atoms with Crippen molar-refractivity contribution < 1.29 is 22.1 Å². The van der Waals surface area contributed by atoms with Crippen LogP contribution in [0.5, 0.6) is 11.5 Å². The number of carbonyl (C=O) groups is 1. The molecule has 6 nitrogen and oxygen atoms in total. The van der Waals surface area contributed by atoms with E-state index in [0.29, 0.717) is 28.4 Å². The Morgan fingerprint density at radius 3 is 2.39 bits per heavy atom. The van der Waals surface area contributed by atoms with Gasteiger partial charge in [0.25, 0.3) is 5.91 Å². The summed E-state index contributed by atoms with van der Waals surface area (Å²) in [5, 5.41) is 0.386. The molecule has 0 aliphatic heterocycles. The minimum absolute atomic E-state index is 0.0807. The molecule has 2 aromatic carbocycles. The van der Waals surface area contributed by atoms with Gasteiger partial charge in [0.1, 0.15) is 0 Å². The summed E-state index contributed by atoms with van der Waals surface area (Å²) >= 11 is 6.19. The molecule has 0 unspecified atom stereocenters. The van der Waals surface area contributed by atoms with Gasteiger partial charge in [-0.05, 0) is 35.7 Å². The van der Waals surface area contributed by atoms with Crippen LogP contribution in [0.15, 0.2) is 42.5 Å². The summed E-state index contributed by atoms with van der Waals surface area (Å²) in [6.45, 7) is 4.81. The van der Waals surface area contributed by atoms with E-state index in [2.05, 4.69) is 0 Å². The van der Waals surface area contributed by atoms with Gasteiger partial charge < -0.3 is 13.8 Å². The summed E-state index contributed by atoms with van der Waals surface area (Å²) in [6.07, 6.45) is 0.963. The molecule has 2 aromatic rings. The van der Waals surface area contributed by atoms with Crippen molar-refractivity contribution >= 4 is 27.6 Å². The van der Waals surface area contributed by atoms with E-state index >= 15 is 0 Å². The van der Waals surface area contributed by atoms with Crippen molar-refractivity contribution in [3.05, 3.63) is 58.6 Å². The predicted molar refractivity (Wildman–Crippen MR) is 109 cm³/mol. The summed E-state index contributed by atoms with van der Waals surface area (Å²) in [6, 6.07) is 11.8. The minimum Gasteiger partial charge on any atom is -0.493 e. The zero-order chi connectivity index (χ0) is 20.9. The molecule has 0 heterocycles. The van der Waals surface area contributed by atoms with Crippen molar-refractivity contribution in [2.45, 2.75) is 20.4 Å². The van der Waals surface area contributed by atoms with E-state index in [-0.39, 0.29) is 24.1 Å². The molecule has 152 valence electrons. The third-order valence-electron chi connectivity index (χ3n) is 3.82. The molecule has 28 heavy (non-hydrogen) atoms. The molecule has 0 spiro atoms. The lowest BCUT2D eigenvalue weighted by Gasteiger charge is -2.25. The highest BCUT2D eigenvalue weighted by molar-refractivity contribution is 7.86. The third-order valence-corrected chi connectivity index (χ3v) is 4.63. The molecule has 0 fully saturated rings. The second kappa shape index (κ2) is 9.30. The highest BCUT2D eigenvalue weighted by Crippen LogP contribution is 2.30. The first-order valence-corrected chi connectivity index (χ1v) is 10.9. The van der Waals surface area contributed by atoms with E-state index in [1.165, 1.54) is 7.11 Å². The van der Waals surface area contributed by atoms with Gasteiger partial charge in [0.2, 0.25) is 0 Å². The van der Waals surface area contributed by atoms with Crippen LogP contribution in [0.25, 0.3) is 0 Å². The average molecular weight is 426 g/mol. The van der Waals surface area contributed by atoms with E-state index in [0.717, 1.165) is 6.26 Å². The fourth-order valence-electron chi connectivity index (χ4n) is 2.73. The Morgan fingerprint density at radius 2 is 1.82 bits per heavy atom. The zero-order valence-corrected chi connectivity index (χ0v) is 17.9. The first kappa shape index (κ1) is 22.0. The van der Waals surface area contributed by atoms with E-state index in [4.69, 9.17) is 20.5 Å². The number of ether oxygens (including phenoxy) is 1. The van der Waals surface area contributed by atoms with Gasteiger partial charge in [-0.3, -0.25) is 4.79 Å². The van der Waals surface area contributed by atoms with Gasteiger partial charge in [-0.25, -0.2) is 0 Å². The molecule has 0 saturated carbocycles. The number of hydrogen-bond donors (Lipinski definition) is 0. The number of nitrogens with zero attached hydrogens (tertiary/aromatic N) is 1. The topological polar surface area (TPSA) is 72.9 Å². The van der Waals surface area contributed by atoms with Crippen molar-refractivity contribution in [1.82, 2.24) is 4.90 Å². The van der Waals surface area contributed by atoms with E-state index in [9.17, 15) is 13.2 Å². The van der Waals surface area contributed by atoms with Gasteiger partial charge in [-0.1, -0.05) is 43.6 Å². The van der Waals surface area contributed by atoms with Gasteiger partial charge in [0.15, 0.2) is 11.5 Å². The standard InChI is InChI=1S/C20H24ClNO5S/c1-14(2)12-22(20(23)16-7-5-6-8-17(16)21)13-15-9-10-18(26-3)19(11-15)27-28(4,24)25/h5-11,14H,12-13H2,1-4H3. The highest BCUT2D eigenvalue weighted by Gasteiger charge is 2.20. The average Bonchev–Trinajstić information content (AvgIpc) is 2.59. The van der Waals surface area contributed by atoms with Gasteiger partial charge >= 0.3 is 10.1 Å². The largest absolute Gasteiger partial charge is 0.493 e.